The van der Waals surface area contributed by atoms with Gasteiger partial charge in [-0.3, -0.25) is 4.79 Å². The molecule has 20 heavy (non-hydrogen) atoms. The van der Waals surface area contributed by atoms with Crippen LogP contribution in [0.15, 0.2) is 12.1 Å². The van der Waals surface area contributed by atoms with Crippen molar-refractivity contribution in [1.29, 1.82) is 0 Å². The SMILES string of the molecule is O=C(NC1CCS(=O)(=O)C1)c1cc(Cl)c2c(c1)OCO2. The normalized spacial score (nSPS) is 22.8. The first-order chi connectivity index (χ1) is 9.44. The molecular formula is C12H12ClNO5S. The van der Waals surface area contributed by atoms with Crippen molar-refractivity contribution in [2.75, 3.05) is 18.3 Å². The molecule has 0 radical (unpaired) electrons. The molecule has 108 valence electrons. The number of fused-ring (bicyclic) bond motifs is 1. The zero-order chi connectivity index (χ0) is 14.3. The van der Waals surface area contributed by atoms with Gasteiger partial charge < -0.3 is 14.8 Å². The number of carbonyl (C=O) groups excluding carboxylic acids is 1. The molecule has 2 heterocycles. The number of rotatable bonds is 2. The van der Waals surface area contributed by atoms with Gasteiger partial charge in [-0.15, -0.1) is 0 Å². The van der Waals surface area contributed by atoms with E-state index in [2.05, 4.69) is 5.32 Å². The Hall–Kier alpha value is -1.47. The summed E-state index contributed by atoms with van der Waals surface area (Å²) in [5.74, 6) is 0.567. The third kappa shape index (κ3) is 2.55. The van der Waals surface area contributed by atoms with Gasteiger partial charge in [-0.1, -0.05) is 11.6 Å². The van der Waals surface area contributed by atoms with E-state index < -0.39 is 9.84 Å². The molecule has 0 spiro atoms. The summed E-state index contributed by atoms with van der Waals surface area (Å²) < 4.78 is 33.1. The molecule has 0 aliphatic carbocycles. The van der Waals surface area contributed by atoms with Crippen LogP contribution in [0.2, 0.25) is 5.02 Å². The first-order valence-corrected chi connectivity index (χ1v) is 8.25. The predicted octanol–water partition coefficient (Wildman–Crippen LogP) is 0.986. The van der Waals surface area contributed by atoms with Crippen molar-refractivity contribution in [3.05, 3.63) is 22.7 Å². The minimum absolute atomic E-state index is 0.0168. The molecule has 8 heteroatoms. The number of hydrogen-bond donors (Lipinski definition) is 1. The number of carbonyl (C=O) groups is 1. The van der Waals surface area contributed by atoms with Crippen molar-refractivity contribution in [2.45, 2.75) is 12.5 Å². The van der Waals surface area contributed by atoms with Crippen molar-refractivity contribution in [1.82, 2.24) is 5.32 Å². The first-order valence-electron chi connectivity index (χ1n) is 6.05. The molecule has 0 aromatic heterocycles. The van der Waals surface area contributed by atoms with Crippen molar-refractivity contribution in [2.24, 2.45) is 0 Å². The van der Waals surface area contributed by atoms with Crippen molar-refractivity contribution in [3.63, 3.8) is 0 Å². The summed E-state index contributed by atoms with van der Waals surface area (Å²) in [5.41, 5.74) is 0.323. The summed E-state index contributed by atoms with van der Waals surface area (Å²) in [6.45, 7) is 0.0704. The molecule has 1 N–H and O–H groups in total. The van der Waals surface area contributed by atoms with E-state index in [0.29, 0.717) is 28.5 Å². The Kier molecular flexibility index (Phi) is 3.25. The number of hydrogen-bond acceptors (Lipinski definition) is 5. The molecule has 1 fully saturated rings. The smallest absolute Gasteiger partial charge is 0.251 e. The van der Waals surface area contributed by atoms with Gasteiger partial charge in [-0.25, -0.2) is 8.42 Å². The highest BCUT2D eigenvalue weighted by Crippen LogP contribution is 2.39. The Morgan fingerprint density at radius 1 is 1.35 bits per heavy atom. The number of amides is 1. The maximum absolute atomic E-state index is 12.1. The van der Waals surface area contributed by atoms with Crippen LogP contribution in [0.3, 0.4) is 0 Å². The molecule has 1 aromatic carbocycles. The minimum atomic E-state index is -3.03. The molecule has 1 aromatic rings. The molecule has 6 nitrogen and oxygen atoms in total. The quantitative estimate of drug-likeness (QED) is 0.879. The van der Waals surface area contributed by atoms with Gasteiger partial charge in [0.05, 0.1) is 16.5 Å². The molecule has 3 rings (SSSR count). The Balaban J connectivity index is 1.77. The van der Waals surface area contributed by atoms with Crippen molar-refractivity contribution in [3.8, 4) is 11.5 Å². The summed E-state index contributed by atoms with van der Waals surface area (Å²) in [4.78, 5) is 12.1. The van der Waals surface area contributed by atoms with Crippen molar-refractivity contribution >= 4 is 27.3 Å². The van der Waals surface area contributed by atoms with Crippen molar-refractivity contribution < 1.29 is 22.7 Å². The van der Waals surface area contributed by atoms with E-state index in [-0.39, 0.29) is 30.2 Å². The van der Waals surface area contributed by atoms with Crippen LogP contribution in [0.5, 0.6) is 11.5 Å². The zero-order valence-corrected chi connectivity index (χ0v) is 12.0. The number of sulfone groups is 1. The van der Waals surface area contributed by atoms with E-state index >= 15 is 0 Å². The van der Waals surface area contributed by atoms with Gasteiger partial charge in [0.25, 0.3) is 5.91 Å². The molecule has 0 bridgehead atoms. The van der Waals surface area contributed by atoms with Crippen LogP contribution in [0.25, 0.3) is 0 Å². The largest absolute Gasteiger partial charge is 0.454 e. The second kappa shape index (κ2) is 4.82. The fourth-order valence-electron chi connectivity index (χ4n) is 2.28. The fraction of sp³-hybridized carbons (Fsp3) is 0.417. The number of halogens is 1. The molecular weight excluding hydrogens is 306 g/mol. The second-order valence-electron chi connectivity index (χ2n) is 4.77. The average Bonchev–Trinajstić information content (AvgIpc) is 2.95. The summed E-state index contributed by atoms with van der Waals surface area (Å²) in [6, 6.07) is 2.66. The monoisotopic (exact) mass is 317 g/mol. The molecule has 0 saturated carbocycles. The predicted molar refractivity (Wildman–Crippen MR) is 72.1 cm³/mol. The summed E-state index contributed by atoms with van der Waals surface area (Å²) in [6.07, 6.45) is 0.437. The Morgan fingerprint density at radius 3 is 2.85 bits per heavy atom. The van der Waals surface area contributed by atoms with E-state index in [9.17, 15) is 13.2 Å². The lowest BCUT2D eigenvalue weighted by molar-refractivity contribution is 0.0940. The average molecular weight is 318 g/mol. The van der Waals surface area contributed by atoms with Crippen LogP contribution in [0.1, 0.15) is 16.8 Å². The number of benzene rings is 1. The van der Waals surface area contributed by atoms with Gasteiger partial charge >= 0.3 is 0 Å². The third-order valence-corrected chi connectivity index (χ3v) is 5.31. The minimum Gasteiger partial charge on any atom is -0.454 e. The highest BCUT2D eigenvalue weighted by Gasteiger charge is 2.29. The van der Waals surface area contributed by atoms with Gasteiger partial charge in [-0.05, 0) is 18.6 Å². The molecule has 1 amide bonds. The Labute approximate surface area is 120 Å². The standard InChI is InChI=1S/C12H12ClNO5S/c13-9-3-7(4-10-11(9)19-6-18-10)12(15)14-8-1-2-20(16,17)5-8/h3-4,8H,1-2,5-6H2,(H,14,15). The van der Waals surface area contributed by atoms with Crippen LogP contribution >= 0.6 is 11.6 Å². The highest BCUT2D eigenvalue weighted by molar-refractivity contribution is 7.91. The molecule has 1 atom stereocenters. The van der Waals surface area contributed by atoms with Crippen LogP contribution in [-0.2, 0) is 9.84 Å². The first kappa shape index (κ1) is 13.5. The third-order valence-electron chi connectivity index (χ3n) is 3.26. The summed E-state index contributed by atoms with van der Waals surface area (Å²) in [5, 5.41) is 2.99. The van der Waals surface area contributed by atoms with Crippen LogP contribution < -0.4 is 14.8 Å². The lowest BCUT2D eigenvalue weighted by Crippen LogP contribution is -2.35. The summed E-state index contributed by atoms with van der Waals surface area (Å²) >= 11 is 6.00. The van der Waals surface area contributed by atoms with E-state index in [1.807, 2.05) is 0 Å². The molecule has 2 aliphatic heterocycles. The lowest BCUT2D eigenvalue weighted by Gasteiger charge is -2.11. The van der Waals surface area contributed by atoms with E-state index in [1.54, 1.807) is 0 Å². The second-order valence-corrected chi connectivity index (χ2v) is 7.40. The van der Waals surface area contributed by atoms with Gasteiger partial charge in [0, 0.05) is 11.6 Å². The molecule has 1 unspecified atom stereocenters. The Bertz CT molecular complexity index is 673. The molecule has 1 saturated heterocycles. The fourth-order valence-corrected chi connectivity index (χ4v) is 4.21. The number of ether oxygens (including phenoxy) is 2. The van der Waals surface area contributed by atoms with E-state index in [0.717, 1.165) is 0 Å². The topological polar surface area (TPSA) is 81.7 Å². The van der Waals surface area contributed by atoms with E-state index in [1.165, 1.54) is 12.1 Å². The van der Waals surface area contributed by atoms with E-state index in [4.69, 9.17) is 21.1 Å². The lowest BCUT2D eigenvalue weighted by atomic mass is 10.1. The van der Waals surface area contributed by atoms with Gasteiger partial charge in [0.15, 0.2) is 21.3 Å². The van der Waals surface area contributed by atoms with Crippen LogP contribution in [0, 0.1) is 0 Å². The van der Waals surface area contributed by atoms with Crippen LogP contribution in [-0.4, -0.2) is 38.7 Å². The van der Waals surface area contributed by atoms with Gasteiger partial charge in [0.2, 0.25) is 6.79 Å². The zero-order valence-electron chi connectivity index (χ0n) is 10.4. The molecule has 2 aliphatic rings. The summed E-state index contributed by atoms with van der Waals surface area (Å²) in [7, 11) is -3.03. The van der Waals surface area contributed by atoms with Crippen LogP contribution in [0.4, 0.5) is 0 Å². The maximum atomic E-state index is 12.1. The maximum Gasteiger partial charge on any atom is 0.251 e. The van der Waals surface area contributed by atoms with Gasteiger partial charge in [-0.2, -0.15) is 0 Å². The highest BCUT2D eigenvalue weighted by atomic mass is 35.5. The van der Waals surface area contributed by atoms with Gasteiger partial charge in [0.1, 0.15) is 0 Å². The number of nitrogens with one attached hydrogen (secondary N) is 1. The Morgan fingerprint density at radius 2 is 2.15 bits per heavy atom.